The summed E-state index contributed by atoms with van der Waals surface area (Å²) in [5.41, 5.74) is 1.99. The van der Waals surface area contributed by atoms with E-state index in [0.717, 1.165) is 40.1 Å². The molecule has 0 atom stereocenters. The van der Waals surface area contributed by atoms with Crippen molar-refractivity contribution in [1.29, 1.82) is 0 Å². The van der Waals surface area contributed by atoms with E-state index in [0.29, 0.717) is 10.5 Å². The molecule has 0 aliphatic carbocycles. The van der Waals surface area contributed by atoms with Gasteiger partial charge in [0.1, 0.15) is 0 Å². The number of aromatic nitrogens is 2. The van der Waals surface area contributed by atoms with Gasteiger partial charge in [0.25, 0.3) is 11.2 Å². The van der Waals surface area contributed by atoms with Gasteiger partial charge in [-0.05, 0) is 37.1 Å². The Morgan fingerprint density at radius 2 is 1.87 bits per heavy atom. The zero-order valence-corrected chi connectivity index (χ0v) is 16.8. The molecule has 0 bridgehead atoms. The highest BCUT2D eigenvalue weighted by atomic mass is 32.1. The van der Waals surface area contributed by atoms with Crippen LogP contribution >= 0.6 is 11.3 Å². The minimum Gasteiger partial charge on any atom is -0.490 e. The molecule has 0 N–H and O–H groups in total. The Bertz CT molecular complexity index is 1490. The highest BCUT2D eigenvalue weighted by Gasteiger charge is 2.24. The standard InChI is InChI=1S/C19H14N4O6S/c1-9-4-10(2)16-13(5-9)21-18(24)15(30-19(21)20-16)7-11-6-12(22(25)26)8-14(23(27)28)17(11)29-3/h4-8H,1-3H3. The molecule has 0 aliphatic heterocycles. The number of ether oxygens (including phenoxy) is 1. The Morgan fingerprint density at radius 1 is 1.13 bits per heavy atom. The fraction of sp³-hybridized carbons (Fsp3) is 0.158. The van der Waals surface area contributed by atoms with Crippen LogP contribution < -0.4 is 14.8 Å². The third kappa shape index (κ3) is 2.95. The molecule has 2 aromatic heterocycles. The lowest BCUT2D eigenvalue weighted by molar-refractivity contribution is -0.394. The van der Waals surface area contributed by atoms with Gasteiger partial charge >= 0.3 is 5.69 Å². The number of rotatable bonds is 4. The number of nitrogens with zero attached hydrogens (tertiary/aromatic N) is 4. The predicted octanol–water partition coefficient (Wildman–Crippen LogP) is 2.90. The molecule has 10 nitrogen and oxygen atoms in total. The van der Waals surface area contributed by atoms with E-state index < -0.39 is 21.2 Å². The Balaban J connectivity index is 2.05. The number of imidazole rings is 1. The van der Waals surface area contributed by atoms with Crippen LogP contribution in [0.4, 0.5) is 11.4 Å². The van der Waals surface area contributed by atoms with Gasteiger partial charge in [0.05, 0.1) is 38.6 Å². The number of hydrogen-bond acceptors (Lipinski definition) is 8. The number of fused-ring (bicyclic) bond motifs is 3. The van der Waals surface area contributed by atoms with Crippen molar-refractivity contribution in [1.82, 2.24) is 9.38 Å². The van der Waals surface area contributed by atoms with E-state index in [9.17, 15) is 25.0 Å². The van der Waals surface area contributed by atoms with Crippen LogP contribution in [0, 0.1) is 34.1 Å². The molecule has 0 unspecified atom stereocenters. The van der Waals surface area contributed by atoms with Crippen LogP contribution in [-0.2, 0) is 0 Å². The van der Waals surface area contributed by atoms with Gasteiger partial charge in [0, 0.05) is 11.6 Å². The molecule has 2 aromatic carbocycles. The van der Waals surface area contributed by atoms with Crippen molar-refractivity contribution >= 4 is 44.8 Å². The van der Waals surface area contributed by atoms with Crippen LogP contribution in [-0.4, -0.2) is 26.3 Å². The van der Waals surface area contributed by atoms with E-state index >= 15 is 0 Å². The van der Waals surface area contributed by atoms with Crippen LogP contribution in [0.15, 0.2) is 29.1 Å². The topological polar surface area (TPSA) is 130 Å². The molecule has 4 aromatic rings. The maximum Gasteiger partial charge on any atom is 0.318 e. The summed E-state index contributed by atoms with van der Waals surface area (Å²) in [4.78, 5) is 39.1. The Hall–Kier alpha value is -3.86. The molecular weight excluding hydrogens is 412 g/mol. The first-order chi connectivity index (χ1) is 14.2. The number of nitro groups is 2. The van der Waals surface area contributed by atoms with Crippen molar-refractivity contribution in [2.24, 2.45) is 0 Å². The van der Waals surface area contributed by atoms with E-state index in [-0.39, 0.29) is 21.4 Å². The lowest BCUT2D eigenvalue weighted by Gasteiger charge is -2.05. The number of nitro benzene ring substituents is 2. The Morgan fingerprint density at radius 3 is 2.50 bits per heavy atom. The van der Waals surface area contributed by atoms with Gasteiger partial charge in [0.15, 0.2) is 4.96 Å². The zero-order valence-electron chi connectivity index (χ0n) is 16.0. The van der Waals surface area contributed by atoms with Crippen LogP contribution in [0.2, 0.25) is 0 Å². The number of hydrogen-bond donors (Lipinski definition) is 0. The van der Waals surface area contributed by atoms with Gasteiger partial charge in [-0.1, -0.05) is 17.4 Å². The monoisotopic (exact) mass is 426 g/mol. The van der Waals surface area contributed by atoms with E-state index in [1.165, 1.54) is 17.6 Å². The summed E-state index contributed by atoms with van der Waals surface area (Å²) in [5, 5.41) is 22.6. The van der Waals surface area contributed by atoms with Crippen molar-refractivity contribution < 1.29 is 14.6 Å². The molecule has 30 heavy (non-hydrogen) atoms. The van der Waals surface area contributed by atoms with Crippen LogP contribution in [0.1, 0.15) is 16.7 Å². The highest BCUT2D eigenvalue weighted by molar-refractivity contribution is 7.15. The highest BCUT2D eigenvalue weighted by Crippen LogP contribution is 2.35. The van der Waals surface area contributed by atoms with Crippen LogP contribution in [0.5, 0.6) is 5.75 Å². The zero-order chi connectivity index (χ0) is 21.7. The van der Waals surface area contributed by atoms with Crippen molar-refractivity contribution in [3.8, 4) is 5.75 Å². The summed E-state index contributed by atoms with van der Waals surface area (Å²) in [5.74, 6) is -0.160. The maximum absolute atomic E-state index is 13.1. The molecule has 0 amide bonds. The minimum atomic E-state index is -0.762. The van der Waals surface area contributed by atoms with Gasteiger partial charge in [0.2, 0.25) is 5.75 Å². The molecule has 2 heterocycles. The van der Waals surface area contributed by atoms with E-state index in [2.05, 4.69) is 4.98 Å². The number of aryl methyl sites for hydroxylation is 2. The van der Waals surface area contributed by atoms with Crippen molar-refractivity contribution in [3.63, 3.8) is 0 Å². The Kier molecular flexibility index (Phi) is 4.46. The first-order valence-electron chi connectivity index (χ1n) is 8.66. The maximum atomic E-state index is 13.1. The lowest BCUT2D eigenvalue weighted by Crippen LogP contribution is -2.22. The summed E-state index contributed by atoms with van der Waals surface area (Å²) in [6.07, 6.45) is 1.36. The second-order valence-corrected chi connectivity index (χ2v) is 7.71. The molecule has 0 aliphatic rings. The van der Waals surface area contributed by atoms with Crippen molar-refractivity contribution in [2.75, 3.05) is 7.11 Å². The Labute approximate surface area is 171 Å². The average molecular weight is 426 g/mol. The third-order valence-corrected chi connectivity index (χ3v) is 5.63. The first-order valence-corrected chi connectivity index (χ1v) is 9.47. The molecule has 11 heteroatoms. The normalized spacial score (nSPS) is 12.0. The number of thiazole rings is 1. The third-order valence-electron chi connectivity index (χ3n) is 4.66. The fourth-order valence-corrected chi connectivity index (χ4v) is 4.41. The summed E-state index contributed by atoms with van der Waals surface area (Å²) in [6, 6.07) is 5.80. The lowest BCUT2D eigenvalue weighted by atomic mass is 10.1. The van der Waals surface area contributed by atoms with Gasteiger partial charge in [-0.3, -0.25) is 25.0 Å². The second-order valence-electron chi connectivity index (χ2n) is 6.70. The van der Waals surface area contributed by atoms with Gasteiger partial charge in [-0.2, -0.15) is 0 Å². The largest absolute Gasteiger partial charge is 0.490 e. The van der Waals surface area contributed by atoms with Gasteiger partial charge in [-0.25, -0.2) is 9.38 Å². The van der Waals surface area contributed by atoms with Gasteiger partial charge in [-0.15, -0.1) is 0 Å². The minimum absolute atomic E-state index is 0.0664. The number of methoxy groups -OCH3 is 1. The van der Waals surface area contributed by atoms with E-state index in [4.69, 9.17) is 4.74 Å². The molecular formula is C19H14N4O6S. The van der Waals surface area contributed by atoms with E-state index in [1.54, 1.807) is 0 Å². The second kappa shape index (κ2) is 6.88. The SMILES string of the molecule is COc1c(C=c2sc3nc4c(C)cc(C)cc4n3c2=O)cc([N+](=O)[O-])cc1[N+](=O)[O-]. The van der Waals surface area contributed by atoms with Crippen molar-refractivity contribution in [2.45, 2.75) is 13.8 Å². The molecule has 0 fully saturated rings. The quantitative estimate of drug-likeness (QED) is 0.362. The number of benzene rings is 2. The molecule has 0 spiro atoms. The molecule has 0 saturated carbocycles. The number of non-ortho nitro benzene ring substituents is 1. The van der Waals surface area contributed by atoms with Crippen LogP contribution in [0.3, 0.4) is 0 Å². The fourth-order valence-electron chi connectivity index (χ4n) is 3.44. The molecule has 4 rings (SSSR count). The summed E-state index contributed by atoms with van der Waals surface area (Å²) < 4.78 is 6.83. The summed E-state index contributed by atoms with van der Waals surface area (Å²) in [6.45, 7) is 3.83. The van der Waals surface area contributed by atoms with Crippen molar-refractivity contribution in [3.05, 3.63) is 76.1 Å². The van der Waals surface area contributed by atoms with Gasteiger partial charge < -0.3 is 4.74 Å². The smallest absolute Gasteiger partial charge is 0.318 e. The average Bonchev–Trinajstić information content (AvgIpc) is 3.18. The van der Waals surface area contributed by atoms with E-state index in [1.807, 2.05) is 26.0 Å². The molecule has 152 valence electrons. The van der Waals surface area contributed by atoms with Crippen LogP contribution in [0.25, 0.3) is 22.1 Å². The molecule has 0 saturated heterocycles. The predicted molar refractivity (Wildman–Crippen MR) is 111 cm³/mol. The molecule has 0 radical (unpaired) electrons. The summed E-state index contributed by atoms with van der Waals surface area (Å²) >= 11 is 1.10. The first kappa shape index (κ1) is 19.5. The summed E-state index contributed by atoms with van der Waals surface area (Å²) in [7, 11) is 1.23.